The molecule has 1 aliphatic carbocycles. The molecule has 2 aliphatic heterocycles. The van der Waals surface area contributed by atoms with Crippen LogP contribution in [0.1, 0.15) is 55.9 Å². The Hall–Kier alpha value is -2.32. The summed E-state index contributed by atoms with van der Waals surface area (Å²) in [5.74, 6) is -0.114. The standard InChI is InChI=1S/C25H37N5O3/c1-25(24(32)26-19-7-5-3-4-6-8-19)18-29-20-9-16-33-22(20)17-21(29)23(31)30(25)15-14-28-12-10-27(2)11-13-28/h9,16-17,19H,3-8,10-15,18H2,1-2H3,(H,26,32)/t25-/m1/s1. The lowest BCUT2D eigenvalue weighted by atomic mass is 9.93. The Balaban J connectivity index is 1.40. The number of furan rings is 1. The minimum atomic E-state index is -0.938. The van der Waals surface area contributed by atoms with E-state index in [-0.39, 0.29) is 17.9 Å². The Labute approximate surface area is 195 Å². The zero-order valence-electron chi connectivity index (χ0n) is 20.0. The molecule has 8 heteroatoms. The summed E-state index contributed by atoms with van der Waals surface area (Å²) in [4.78, 5) is 34.1. The lowest BCUT2D eigenvalue weighted by molar-refractivity contribution is -0.133. The largest absolute Gasteiger partial charge is 0.463 e. The Bertz CT molecular complexity index is 997. The van der Waals surface area contributed by atoms with Crippen molar-refractivity contribution in [1.29, 1.82) is 0 Å². The number of aromatic nitrogens is 1. The fraction of sp³-hybridized carbons (Fsp3) is 0.680. The molecule has 0 spiro atoms. The van der Waals surface area contributed by atoms with E-state index in [0.717, 1.165) is 63.9 Å². The molecular weight excluding hydrogens is 418 g/mol. The highest BCUT2D eigenvalue weighted by Crippen LogP contribution is 2.33. The van der Waals surface area contributed by atoms with Crippen molar-refractivity contribution in [2.24, 2.45) is 0 Å². The number of nitrogens with zero attached hydrogens (tertiary/aromatic N) is 4. The molecule has 2 aromatic rings. The van der Waals surface area contributed by atoms with Crippen LogP contribution in [0, 0.1) is 0 Å². The van der Waals surface area contributed by atoms with Gasteiger partial charge in [0, 0.05) is 57.4 Å². The Kier molecular flexibility index (Phi) is 6.22. The van der Waals surface area contributed by atoms with Crippen LogP contribution in [0.5, 0.6) is 0 Å². The highest BCUT2D eigenvalue weighted by Gasteiger charge is 2.48. The molecule has 2 fully saturated rings. The van der Waals surface area contributed by atoms with Crippen LogP contribution in [0.4, 0.5) is 0 Å². The van der Waals surface area contributed by atoms with Crippen molar-refractivity contribution in [2.75, 3.05) is 46.3 Å². The van der Waals surface area contributed by atoms with Gasteiger partial charge in [-0.25, -0.2) is 0 Å². The molecule has 1 N–H and O–H groups in total. The minimum Gasteiger partial charge on any atom is -0.463 e. The van der Waals surface area contributed by atoms with Gasteiger partial charge in [0.2, 0.25) is 5.91 Å². The van der Waals surface area contributed by atoms with E-state index >= 15 is 0 Å². The zero-order valence-corrected chi connectivity index (χ0v) is 20.0. The van der Waals surface area contributed by atoms with Crippen molar-refractivity contribution in [2.45, 2.75) is 63.6 Å². The molecule has 0 aromatic carbocycles. The first-order valence-corrected chi connectivity index (χ1v) is 12.6. The van der Waals surface area contributed by atoms with Crippen LogP contribution in [0.3, 0.4) is 0 Å². The molecule has 0 unspecified atom stereocenters. The normalized spacial score (nSPS) is 25.9. The number of piperazine rings is 1. The molecule has 4 heterocycles. The van der Waals surface area contributed by atoms with Gasteiger partial charge in [-0.05, 0) is 26.8 Å². The second-order valence-corrected chi connectivity index (χ2v) is 10.3. The van der Waals surface area contributed by atoms with Gasteiger partial charge in [0.15, 0.2) is 5.58 Å². The minimum absolute atomic E-state index is 0.0304. The van der Waals surface area contributed by atoms with Crippen molar-refractivity contribution in [3.05, 3.63) is 24.1 Å². The van der Waals surface area contributed by atoms with Gasteiger partial charge in [0.25, 0.3) is 5.91 Å². The van der Waals surface area contributed by atoms with Crippen LogP contribution in [-0.4, -0.2) is 89.0 Å². The molecule has 2 aromatic heterocycles. The summed E-state index contributed by atoms with van der Waals surface area (Å²) < 4.78 is 7.55. The molecule has 180 valence electrons. The number of nitrogens with one attached hydrogen (secondary N) is 1. The van der Waals surface area contributed by atoms with Crippen molar-refractivity contribution in [3.63, 3.8) is 0 Å². The molecule has 33 heavy (non-hydrogen) atoms. The van der Waals surface area contributed by atoms with Crippen LogP contribution in [0.2, 0.25) is 0 Å². The van der Waals surface area contributed by atoms with Crippen molar-refractivity contribution in [3.8, 4) is 0 Å². The third-order valence-corrected chi connectivity index (χ3v) is 7.96. The van der Waals surface area contributed by atoms with E-state index in [9.17, 15) is 9.59 Å². The Morgan fingerprint density at radius 3 is 2.58 bits per heavy atom. The van der Waals surface area contributed by atoms with Gasteiger partial charge >= 0.3 is 0 Å². The number of hydrogen-bond acceptors (Lipinski definition) is 5. The topological polar surface area (TPSA) is 74.0 Å². The van der Waals surface area contributed by atoms with Gasteiger partial charge in [0.1, 0.15) is 11.2 Å². The van der Waals surface area contributed by atoms with Crippen LogP contribution >= 0.6 is 0 Å². The Morgan fingerprint density at radius 2 is 1.85 bits per heavy atom. The number of rotatable bonds is 5. The van der Waals surface area contributed by atoms with Crippen molar-refractivity contribution >= 4 is 22.9 Å². The molecule has 1 atom stereocenters. The molecule has 0 radical (unpaired) electrons. The number of carbonyl (C=O) groups is 2. The van der Waals surface area contributed by atoms with Gasteiger partial charge < -0.3 is 24.1 Å². The highest BCUT2D eigenvalue weighted by atomic mass is 16.3. The Morgan fingerprint density at radius 1 is 1.12 bits per heavy atom. The van der Waals surface area contributed by atoms with E-state index in [1.54, 1.807) is 6.26 Å². The third-order valence-electron chi connectivity index (χ3n) is 7.96. The van der Waals surface area contributed by atoms with Crippen molar-refractivity contribution in [1.82, 2.24) is 24.6 Å². The van der Waals surface area contributed by atoms with Gasteiger partial charge in [-0.2, -0.15) is 0 Å². The summed E-state index contributed by atoms with van der Waals surface area (Å²) in [5.41, 5.74) is 1.26. The number of hydrogen-bond donors (Lipinski definition) is 1. The zero-order chi connectivity index (χ0) is 23.0. The molecule has 0 bridgehead atoms. The predicted molar refractivity (Wildman–Crippen MR) is 127 cm³/mol. The summed E-state index contributed by atoms with van der Waals surface area (Å²) in [7, 11) is 2.14. The van der Waals surface area contributed by atoms with E-state index in [2.05, 4.69) is 22.2 Å². The molecule has 5 rings (SSSR count). The maximum atomic E-state index is 13.8. The lowest BCUT2D eigenvalue weighted by Gasteiger charge is -2.45. The highest BCUT2D eigenvalue weighted by molar-refractivity contribution is 6.02. The predicted octanol–water partition coefficient (Wildman–Crippen LogP) is 2.54. The van der Waals surface area contributed by atoms with E-state index in [4.69, 9.17) is 4.42 Å². The van der Waals surface area contributed by atoms with Gasteiger partial charge in [-0.1, -0.05) is 25.7 Å². The third kappa shape index (κ3) is 4.30. The van der Waals surface area contributed by atoms with E-state index < -0.39 is 5.54 Å². The van der Waals surface area contributed by atoms with Crippen LogP contribution in [0.25, 0.3) is 11.1 Å². The van der Waals surface area contributed by atoms with Crippen LogP contribution < -0.4 is 5.32 Å². The van der Waals surface area contributed by atoms with E-state index in [0.29, 0.717) is 24.4 Å². The number of carbonyl (C=O) groups excluding carboxylic acids is 2. The number of likely N-dealkylation sites (N-methyl/N-ethyl adjacent to an activating group) is 1. The second kappa shape index (κ2) is 9.14. The monoisotopic (exact) mass is 455 g/mol. The molecule has 1 saturated carbocycles. The fourth-order valence-electron chi connectivity index (χ4n) is 5.70. The summed E-state index contributed by atoms with van der Waals surface area (Å²) in [5, 5.41) is 3.34. The average Bonchev–Trinajstić information content (AvgIpc) is 3.29. The average molecular weight is 456 g/mol. The molecular formula is C25H37N5O3. The molecule has 1 saturated heterocycles. The lowest BCUT2D eigenvalue weighted by Crippen LogP contribution is -2.66. The summed E-state index contributed by atoms with van der Waals surface area (Å²) in [6.07, 6.45) is 8.49. The van der Waals surface area contributed by atoms with Crippen LogP contribution in [0.15, 0.2) is 22.8 Å². The first kappa shape index (κ1) is 22.5. The quantitative estimate of drug-likeness (QED) is 0.702. The van der Waals surface area contributed by atoms with E-state index in [1.165, 1.54) is 12.8 Å². The molecule has 2 amide bonds. The van der Waals surface area contributed by atoms with Gasteiger partial charge in [-0.15, -0.1) is 0 Å². The van der Waals surface area contributed by atoms with Crippen LogP contribution in [-0.2, 0) is 11.3 Å². The maximum absolute atomic E-state index is 13.8. The van der Waals surface area contributed by atoms with Gasteiger partial charge in [-0.3, -0.25) is 14.5 Å². The smallest absolute Gasteiger partial charge is 0.271 e. The second-order valence-electron chi connectivity index (χ2n) is 10.3. The number of amides is 2. The molecule has 8 nitrogen and oxygen atoms in total. The first-order valence-electron chi connectivity index (χ1n) is 12.6. The molecule has 3 aliphatic rings. The number of fused-ring (bicyclic) bond motifs is 3. The fourth-order valence-corrected chi connectivity index (χ4v) is 5.70. The van der Waals surface area contributed by atoms with Gasteiger partial charge in [0.05, 0.1) is 18.3 Å². The summed E-state index contributed by atoms with van der Waals surface area (Å²) in [6, 6.07) is 3.91. The maximum Gasteiger partial charge on any atom is 0.271 e. The van der Waals surface area contributed by atoms with Crippen molar-refractivity contribution < 1.29 is 14.0 Å². The SMILES string of the molecule is CN1CCN(CCN2C(=O)c3cc4occc4n3C[C@]2(C)C(=O)NC2CCCCCC2)CC1. The summed E-state index contributed by atoms with van der Waals surface area (Å²) >= 11 is 0. The van der Waals surface area contributed by atoms with E-state index in [1.807, 2.05) is 28.5 Å². The summed E-state index contributed by atoms with van der Waals surface area (Å²) in [6.45, 7) is 7.76. The first-order chi connectivity index (χ1) is 16.0.